The van der Waals surface area contributed by atoms with Crippen LogP contribution in [0.4, 0.5) is 0 Å². The summed E-state index contributed by atoms with van der Waals surface area (Å²) in [6.07, 6.45) is 7.62. The average Bonchev–Trinajstić information content (AvgIpc) is 3.54. The first-order chi connectivity index (χ1) is 13.7. The maximum Gasteiger partial charge on any atom is 0.244 e. The van der Waals surface area contributed by atoms with Crippen LogP contribution in [-0.4, -0.2) is 32.1 Å². The summed E-state index contributed by atoms with van der Waals surface area (Å²) in [5.74, 6) is 0.777. The number of likely N-dealkylation sites (tertiary alicyclic amines) is 1. The maximum atomic E-state index is 13.3. The Morgan fingerprint density at radius 1 is 1.11 bits per heavy atom. The van der Waals surface area contributed by atoms with E-state index in [0.29, 0.717) is 5.92 Å². The van der Waals surface area contributed by atoms with Crippen molar-refractivity contribution in [3.05, 3.63) is 59.4 Å². The molecule has 1 aliphatic carbocycles. The van der Waals surface area contributed by atoms with Crippen LogP contribution in [0.1, 0.15) is 60.9 Å². The van der Waals surface area contributed by atoms with Crippen molar-refractivity contribution in [2.24, 2.45) is 0 Å². The molecule has 5 nitrogen and oxygen atoms in total. The van der Waals surface area contributed by atoms with Crippen LogP contribution in [0, 0.1) is 6.92 Å². The summed E-state index contributed by atoms with van der Waals surface area (Å²) in [4.78, 5) is 19.9. The average molecular weight is 374 g/mol. The molecule has 3 aromatic rings. The summed E-state index contributed by atoms with van der Waals surface area (Å²) in [7, 11) is 0. The molecule has 3 heterocycles. The van der Waals surface area contributed by atoms with E-state index in [1.165, 1.54) is 30.4 Å². The molecule has 0 radical (unpaired) electrons. The standard InChI is InChI=1S/C23H26N4O/c1-16-22-19(17-10-11-17)12-13-24-23(22)27(25-16)15-21(28)26-14-6-5-9-20(26)18-7-3-2-4-8-18/h2-4,7-8,12-13,17,20H,5-6,9-11,14-15H2,1H3. The Hall–Kier alpha value is -2.69. The Balaban J connectivity index is 1.44. The first-order valence-electron chi connectivity index (χ1n) is 10.4. The van der Waals surface area contributed by atoms with Gasteiger partial charge in [-0.05, 0) is 62.1 Å². The fraction of sp³-hybridized carbons (Fsp3) is 0.435. The normalized spacial score (nSPS) is 19.9. The molecule has 0 N–H and O–H groups in total. The molecule has 28 heavy (non-hydrogen) atoms. The predicted octanol–water partition coefficient (Wildman–Crippen LogP) is 4.37. The molecule has 1 saturated carbocycles. The fourth-order valence-electron chi connectivity index (χ4n) is 4.63. The summed E-state index contributed by atoms with van der Waals surface area (Å²) < 4.78 is 1.82. The van der Waals surface area contributed by atoms with Gasteiger partial charge in [-0.3, -0.25) is 4.79 Å². The van der Waals surface area contributed by atoms with Gasteiger partial charge in [0.25, 0.3) is 0 Å². The summed E-state index contributed by atoms with van der Waals surface area (Å²) in [5.41, 5.74) is 4.41. The number of aryl methyl sites for hydroxylation is 1. The number of hydrogen-bond donors (Lipinski definition) is 0. The van der Waals surface area contributed by atoms with Gasteiger partial charge in [0, 0.05) is 18.1 Å². The molecule has 1 amide bonds. The zero-order valence-electron chi connectivity index (χ0n) is 16.3. The zero-order valence-corrected chi connectivity index (χ0v) is 16.3. The lowest BCUT2D eigenvalue weighted by Gasteiger charge is -2.36. The lowest BCUT2D eigenvalue weighted by atomic mass is 9.95. The van der Waals surface area contributed by atoms with Gasteiger partial charge in [0.2, 0.25) is 5.91 Å². The lowest BCUT2D eigenvalue weighted by Crippen LogP contribution is -2.40. The number of rotatable bonds is 4. The number of fused-ring (bicyclic) bond motifs is 1. The topological polar surface area (TPSA) is 51.0 Å². The van der Waals surface area contributed by atoms with Gasteiger partial charge in [0.15, 0.2) is 5.65 Å². The number of hydrogen-bond acceptors (Lipinski definition) is 3. The van der Waals surface area contributed by atoms with Gasteiger partial charge >= 0.3 is 0 Å². The fourth-order valence-corrected chi connectivity index (χ4v) is 4.63. The van der Waals surface area contributed by atoms with Gasteiger partial charge in [-0.15, -0.1) is 0 Å². The van der Waals surface area contributed by atoms with Crippen LogP contribution in [0.15, 0.2) is 42.6 Å². The summed E-state index contributed by atoms with van der Waals surface area (Å²) in [6.45, 7) is 3.11. The van der Waals surface area contributed by atoms with Crippen LogP contribution >= 0.6 is 0 Å². The molecule has 5 heteroatoms. The number of aromatic nitrogens is 3. The van der Waals surface area contributed by atoms with Crippen molar-refractivity contribution < 1.29 is 4.79 Å². The highest BCUT2D eigenvalue weighted by atomic mass is 16.2. The highest BCUT2D eigenvalue weighted by molar-refractivity contribution is 5.85. The highest BCUT2D eigenvalue weighted by Crippen LogP contribution is 2.43. The molecule has 1 aliphatic heterocycles. The number of piperidine rings is 1. The largest absolute Gasteiger partial charge is 0.334 e. The van der Waals surface area contributed by atoms with E-state index in [1.54, 1.807) is 0 Å². The van der Waals surface area contributed by atoms with E-state index in [9.17, 15) is 4.79 Å². The smallest absolute Gasteiger partial charge is 0.244 e. The van der Waals surface area contributed by atoms with Crippen molar-refractivity contribution in [2.75, 3.05) is 6.54 Å². The van der Waals surface area contributed by atoms with E-state index in [-0.39, 0.29) is 18.5 Å². The van der Waals surface area contributed by atoms with Crippen molar-refractivity contribution >= 4 is 16.9 Å². The predicted molar refractivity (Wildman–Crippen MR) is 109 cm³/mol. The van der Waals surface area contributed by atoms with Crippen molar-refractivity contribution in [1.29, 1.82) is 0 Å². The van der Waals surface area contributed by atoms with Crippen molar-refractivity contribution in [2.45, 2.75) is 57.5 Å². The monoisotopic (exact) mass is 374 g/mol. The Bertz CT molecular complexity index is 1010. The third-order valence-corrected chi connectivity index (χ3v) is 6.15. The Labute approximate surface area is 165 Å². The zero-order chi connectivity index (χ0) is 19.1. The van der Waals surface area contributed by atoms with E-state index in [0.717, 1.165) is 36.1 Å². The van der Waals surface area contributed by atoms with E-state index >= 15 is 0 Å². The second-order valence-electron chi connectivity index (χ2n) is 8.13. The van der Waals surface area contributed by atoms with Crippen LogP contribution in [-0.2, 0) is 11.3 Å². The first kappa shape index (κ1) is 17.4. The summed E-state index contributed by atoms with van der Waals surface area (Å²) in [5, 5.41) is 5.85. The van der Waals surface area contributed by atoms with Crippen molar-refractivity contribution in [3.8, 4) is 0 Å². The Kier molecular flexibility index (Phi) is 4.38. The molecule has 5 rings (SSSR count). The molecule has 1 saturated heterocycles. The number of amides is 1. The van der Waals surface area contributed by atoms with Crippen LogP contribution in [0.2, 0.25) is 0 Å². The van der Waals surface area contributed by atoms with Crippen LogP contribution in [0.5, 0.6) is 0 Å². The van der Waals surface area contributed by atoms with Crippen molar-refractivity contribution in [3.63, 3.8) is 0 Å². The summed E-state index contributed by atoms with van der Waals surface area (Å²) in [6, 6.07) is 12.7. The minimum atomic E-state index is 0.136. The minimum Gasteiger partial charge on any atom is -0.334 e. The third kappa shape index (κ3) is 3.09. The molecule has 144 valence electrons. The minimum absolute atomic E-state index is 0.136. The number of benzene rings is 1. The molecule has 2 fully saturated rings. The molecule has 1 unspecified atom stereocenters. The van der Waals surface area contributed by atoms with Gasteiger partial charge < -0.3 is 4.90 Å². The summed E-state index contributed by atoms with van der Waals surface area (Å²) >= 11 is 0. The van der Waals surface area contributed by atoms with Gasteiger partial charge in [-0.25, -0.2) is 9.67 Å². The van der Waals surface area contributed by atoms with Gasteiger partial charge in [-0.2, -0.15) is 5.10 Å². The SMILES string of the molecule is Cc1nn(CC(=O)N2CCCCC2c2ccccc2)c2nccc(C3CC3)c12. The van der Waals surface area contributed by atoms with E-state index in [1.807, 2.05) is 28.8 Å². The molecule has 1 aromatic carbocycles. The molecular weight excluding hydrogens is 348 g/mol. The van der Waals surface area contributed by atoms with Gasteiger partial charge in [0.1, 0.15) is 6.54 Å². The highest BCUT2D eigenvalue weighted by Gasteiger charge is 2.30. The number of pyridine rings is 1. The molecule has 1 atom stereocenters. The molecule has 2 aromatic heterocycles. The van der Waals surface area contributed by atoms with Crippen molar-refractivity contribution in [1.82, 2.24) is 19.7 Å². The maximum absolute atomic E-state index is 13.3. The van der Waals surface area contributed by atoms with E-state index in [4.69, 9.17) is 5.10 Å². The second-order valence-corrected chi connectivity index (χ2v) is 8.13. The quantitative estimate of drug-likeness (QED) is 0.681. The number of carbonyl (C=O) groups is 1. The molecular formula is C23H26N4O. The molecule has 0 spiro atoms. The Morgan fingerprint density at radius 2 is 1.93 bits per heavy atom. The third-order valence-electron chi connectivity index (χ3n) is 6.15. The van der Waals surface area contributed by atoms with Gasteiger partial charge in [0.05, 0.1) is 11.7 Å². The number of nitrogens with zero attached hydrogens (tertiary/aromatic N) is 4. The van der Waals surface area contributed by atoms with Crippen LogP contribution in [0.25, 0.3) is 11.0 Å². The first-order valence-corrected chi connectivity index (χ1v) is 10.4. The molecule has 0 bridgehead atoms. The van der Waals surface area contributed by atoms with Crippen LogP contribution < -0.4 is 0 Å². The molecule has 2 aliphatic rings. The van der Waals surface area contributed by atoms with Crippen LogP contribution in [0.3, 0.4) is 0 Å². The lowest BCUT2D eigenvalue weighted by molar-refractivity contribution is -0.135. The second kappa shape index (κ2) is 7.04. The van der Waals surface area contributed by atoms with E-state index in [2.05, 4.69) is 35.3 Å². The Morgan fingerprint density at radius 3 is 2.71 bits per heavy atom. The van der Waals surface area contributed by atoms with Gasteiger partial charge in [-0.1, -0.05) is 30.3 Å². The van der Waals surface area contributed by atoms with E-state index < -0.39 is 0 Å². The number of carbonyl (C=O) groups excluding carboxylic acids is 1.